The maximum atomic E-state index is 11.2. The smallest absolute Gasteiger partial charge is 0.308 e. The molecule has 0 saturated heterocycles. The van der Waals surface area contributed by atoms with Crippen LogP contribution in [0, 0.1) is 11.3 Å². The minimum Gasteiger partial charge on any atom is -0.493 e. The van der Waals surface area contributed by atoms with Gasteiger partial charge in [-0.3, -0.25) is 4.79 Å². The number of methoxy groups -OCH3 is 1. The van der Waals surface area contributed by atoms with E-state index in [-0.39, 0.29) is 0 Å². The van der Waals surface area contributed by atoms with Gasteiger partial charge in [-0.05, 0) is 51.8 Å². The first-order valence-corrected chi connectivity index (χ1v) is 8.44. The van der Waals surface area contributed by atoms with Crippen molar-refractivity contribution in [3.63, 3.8) is 0 Å². The van der Waals surface area contributed by atoms with Crippen LogP contribution >= 0.6 is 15.9 Å². The normalized spacial score (nSPS) is 11.2. The Morgan fingerprint density at radius 3 is 2.77 bits per heavy atom. The van der Waals surface area contributed by atoms with Gasteiger partial charge in [0.05, 0.1) is 28.2 Å². The molecule has 0 aliphatic carbocycles. The Balaban J connectivity index is 2.05. The molecule has 0 aliphatic rings. The lowest BCUT2D eigenvalue weighted by atomic mass is 10.1. The van der Waals surface area contributed by atoms with Crippen LogP contribution < -0.4 is 9.47 Å². The molecule has 0 bridgehead atoms. The molecule has 0 unspecified atom stereocenters. The van der Waals surface area contributed by atoms with Crippen LogP contribution in [0.1, 0.15) is 18.3 Å². The molecule has 0 spiro atoms. The first kappa shape index (κ1) is 17.7. The second kappa shape index (κ2) is 7.42. The minimum absolute atomic E-state index is 0.291. The summed E-state index contributed by atoms with van der Waals surface area (Å²) < 4.78 is 11.0. The second-order valence-electron chi connectivity index (χ2n) is 5.40. The van der Waals surface area contributed by atoms with Crippen LogP contribution in [-0.4, -0.2) is 23.0 Å². The van der Waals surface area contributed by atoms with Gasteiger partial charge in [-0.25, -0.2) is 4.98 Å². The van der Waals surface area contributed by atoms with Crippen LogP contribution in [0.5, 0.6) is 11.5 Å². The third kappa shape index (κ3) is 3.60. The first-order valence-electron chi connectivity index (χ1n) is 7.64. The van der Waals surface area contributed by atoms with E-state index >= 15 is 0 Å². The van der Waals surface area contributed by atoms with Crippen LogP contribution in [0.3, 0.4) is 0 Å². The van der Waals surface area contributed by atoms with Gasteiger partial charge in [0.15, 0.2) is 11.5 Å². The van der Waals surface area contributed by atoms with Crippen LogP contribution in [-0.2, 0) is 4.79 Å². The van der Waals surface area contributed by atoms with Crippen molar-refractivity contribution in [2.24, 2.45) is 0 Å². The maximum absolute atomic E-state index is 11.2. The Labute approximate surface area is 158 Å². The lowest BCUT2D eigenvalue weighted by Crippen LogP contribution is -2.04. The van der Waals surface area contributed by atoms with E-state index in [1.54, 1.807) is 18.2 Å². The van der Waals surface area contributed by atoms with Crippen molar-refractivity contribution in [3.05, 3.63) is 52.3 Å². The van der Waals surface area contributed by atoms with Gasteiger partial charge in [-0.15, -0.1) is 0 Å². The Morgan fingerprint density at radius 2 is 2.12 bits per heavy atom. The van der Waals surface area contributed by atoms with Crippen LogP contribution in [0.15, 0.2) is 40.9 Å². The summed E-state index contributed by atoms with van der Waals surface area (Å²) in [7, 11) is 1.48. The number of benzene rings is 2. The molecule has 3 aromatic rings. The van der Waals surface area contributed by atoms with Crippen molar-refractivity contribution in [3.8, 4) is 17.6 Å². The minimum atomic E-state index is -0.452. The standard InChI is InChI=1S/C19H14BrN3O3/c1-11(24)26-18-14(20)8-12(9-17(18)25-2)7-13(10-21)19-22-15-5-3-4-6-16(15)23-19/h3-9H,1-2H3,(H,22,23). The molecule has 2 aromatic carbocycles. The fraction of sp³-hybridized carbons (Fsp3) is 0.105. The molecule has 0 saturated carbocycles. The molecule has 130 valence electrons. The predicted octanol–water partition coefficient (Wildman–Crippen LogP) is 4.32. The number of hydrogen-bond donors (Lipinski definition) is 1. The number of esters is 1. The average Bonchev–Trinajstić information content (AvgIpc) is 3.05. The van der Waals surface area contributed by atoms with Crippen molar-refractivity contribution in [2.45, 2.75) is 6.92 Å². The third-order valence-electron chi connectivity index (χ3n) is 3.57. The molecule has 3 rings (SSSR count). The number of allylic oxidation sites excluding steroid dienone is 1. The quantitative estimate of drug-likeness (QED) is 0.392. The molecule has 1 heterocycles. The van der Waals surface area contributed by atoms with E-state index in [1.165, 1.54) is 14.0 Å². The number of nitrogens with one attached hydrogen (secondary N) is 1. The molecule has 1 aromatic heterocycles. The number of rotatable bonds is 4. The fourth-order valence-corrected chi connectivity index (χ4v) is 3.01. The lowest BCUT2D eigenvalue weighted by Gasteiger charge is -2.11. The zero-order chi connectivity index (χ0) is 18.7. The average molecular weight is 412 g/mol. The van der Waals surface area contributed by atoms with Crippen LogP contribution in [0.2, 0.25) is 0 Å². The van der Waals surface area contributed by atoms with E-state index < -0.39 is 5.97 Å². The summed E-state index contributed by atoms with van der Waals surface area (Å²) >= 11 is 3.37. The predicted molar refractivity (Wildman–Crippen MR) is 102 cm³/mol. The number of carbonyl (C=O) groups is 1. The number of carbonyl (C=O) groups excluding carboxylic acids is 1. The monoisotopic (exact) mass is 411 g/mol. The molecular weight excluding hydrogens is 398 g/mol. The van der Waals surface area contributed by atoms with Crippen molar-refractivity contribution in [1.82, 2.24) is 9.97 Å². The van der Waals surface area contributed by atoms with E-state index in [2.05, 4.69) is 32.0 Å². The van der Waals surface area contributed by atoms with Crippen LogP contribution in [0.4, 0.5) is 0 Å². The fourth-order valence-electron chi connectivity index (χ4n) is 2.47. The lowest BCUT2D eigenvalue weighted by molar-refractivity contribution is -0.132. The summed E-state index contributed by atoms with van der Waals surface area (Å²) in [6, 6.07) is 13.1. The zero-order valence-electron chi connectivity index (χ0n) is 14.0. The Kier molecular flexibility index (Phi) is 5.05. The highest BCUT2D eigenvalue weighted by atomic mass is 79.9. The summed E-state index contributed by atoms with van der Waals surface area (Å²) in [5.74, 6) is 0.697. The van der Waals surface area contributed by atoms with E-state index in [0.717, 1.165) is 11.0 Å². The van der Waals surface area contributed by atoms with Crippen LogP contribution in [0.25, 0.3) is 22.7 Å². The maximum Gasteiger partial charge on any atom is 0.308 e. The summed E-state index contributed by atoms with van der Waals surface area (Å²) in [5.41, 5.74) is 2.71. The van der Waals surface area contributed by atoms with Crippen molar-refractivity contribution < 1.29 is 14.3 Å². The molecule has 6 nitrogen and oxygen atoms in total. The number of para-hydroxylation sites is 2. The van der Waals surface area contributed by atoms with Gasteiger partial charge in [0.25, 0.3) is 0 Å². The summed E-state index contributed by atoms with van der Waals surface area (Å²) in [5, 5.41) is 9.54. The largest absolute Gasteiger partial charge is 0.493 e. The number of halogens is 1. The Bertz CT molecular complexity index is 1030. The highest BCUT2D eigenvalue weighted by molar-refractivity contribution is 9.10. The number of fused-ring (bicyclic) bond motifs is 1. The van der Waals surface area contributed by atoms with Gasteiger partial charge in [0.1, 0.15) is 11.9 Å². The molecule has 1 N–H and O–H groups in total. The third-order valence-corrected chi connectivity index (χ3v) is 4.16. The number of H-pyrrole nitrogens is 1. The molecule has 0 fully saturated rings. The van der Waals surface area contributed by atoms with Gasteiger partial charge >= 0.3 is 5.97 Å². The molecule has 0 atom stereocenters. The zero-order valence-corrected chi connectivity index (χ0v) is 15.6. The SMILES string of the molecule is COc1cc(C=C(C#N)c2nc3ccccc3[nH]2)cc(Br)c1OC(C)=O. The van der Waals surface area contributed by atoms with Crippen molar-refractivity contribution >= 4 is 44.6 Å². The van der Waals surface area contributed by atoms with Crippen molar-refractivity contribution in [1.29, 1.82) is 5.26 Å². The molecule has 7 heteroatoms. The molecule has 0 amide bonds. The number of hydrogen-bond acceptors (Lipinski definition) is 5. The van der Waals surface area contributed by atoms with Gasteiger partial charge in [0, 0.05) is 6.92 Å². The molecular formula is C19H14BrN3O3. The number of ether oxygens (including phenoxy) is 2. The van der Waals surface area contributed by atoms with Crippen molar-refractivity contribution in [2.75, 3.05) is 7.11 Å². The number of nitrogens with zero attached hydrogens (tertiary/aromatic N) is 2. The van der Waals surface area contributed by atoms with Gasteiger partial charge in [0.2, 0.25) is 0 Å². The Hall–Kier alpha value is -3.11. The number of nitriles is 1. The number of aromatic nitrogens is 2. The van der Waals surface area contributed by atoms with E-state index in [0.29, 0.717) is 32.9 Å². The number of imidazole rings is 1. The van der Waals surface area contributed by atoms with Gasteiger partial charge in [-0.1, -0.05) is 12.1 Å². The molecule has 0 radical (unpaired) electrons. The second-order valence-corrected chi connectivity index (χ2v) is 6.25. The molecule has 26 heavy (non-hydrogen) atoms. The van der Waals surface area contributed by atoms with Gasteiger partial charge in [-0.2, -0.15) is 5.26 Å². The van der Waals surface area contributed by atoms with E-state index in [4.69, 9.17) is 9.47 Å². The highest BCUT2D eigenvalue weighted by Gasteiger charge is 2.14. The Morgan fingerprint density at radius 1 is 1.35 bits per heavy atom. The molecule has 0 aliphatic heterocycles. The van der Waals surface area contributed by atoms with Gasteiger partial charge < -0.3 is 14.5 Å². The number of aromatic amines is 1. The summed E-state index contributed by atoms with van der Waals surface area (Å²) in [6.07, 6.45) is 1.68. The first-order chi connectivity index (χ1) is 12.5. The highest BCUT2D eigenvalue weighted by Crippen LogP contribution is 2.37. The topological polar surface area (TPSA) is 88.0 Å². The van der Waals surface area contributed by atoms with E-state index in [1.807, 2.05) is 24.3 Å². The van der Waals surface area contributed by atoms with E-state index in [9.17, 15) is 10.1 Å². The summed E-state index contributed by atoms with van der Waals surface area (Å²) in [4.78, 5) is 18.8. The summed E-state index contributed by atoms with van der Waals surface area (Å²) in [6.45, 7) is 1.31.